The number of benzene rings is 4. The van der Waals surface area contributed by atoms with Gasteiger partial charge in [0.15, 0.2) is 0 Å². The second-order valence-electron chi connectivity index (χ2n) is 10.9. The van der Waals surface area contributed by atoms with Gasteiger partial charge < -0.3 is 25.0 Å². The van der Waals surface area contributed by atoms with Gasteiger partial charge in [-0.25, -0.2) is 4.79 Å². The van der Waals surface area contributed by atoms with Gasteiger partial charge in [0.05, 0.1) is 12.1 Å². The molecular formula is C35H37N3O4. The first-order valence-corrected chi connectivity index (χ1v) is 14.3. The summed E-state index contributed by atoms with van der Waals surface area (Å²) in [4.78, 5) is 30.5. The summed E-state index contributed by atoms with van der Waals surface area (Å²) in [6, 6.07) is 25.6. The summed E-state index contributed by atoms with van der Waals surface area (Å²) in [6.07, 6.45) is 2.07. The quantitative estimate of drug-likeness (QED) is 0.147. The van der Waals surface area contributed by atoms with Gasteiger partial charge >= 0.3 is 5.97 Å². The van der Waals surface area contributed by atoms with Crippen molar-refractivity contribution >= 4 is 33.6 Å². The number of para-hydroxylation sites is 1. The molecule has 5 aromatic rings. The Kier molecular flexibility index (Phi) is 8.88. The maximum absolute atomic E-state index is 12.9. The number of nitrogens with zero attached hydrogens (tertiary/aromatic N) is 1. The van der Waals surface area contributed by atoms with Gasteiger partial charge in [0.1, 0.15) is 11.4 Å². The number of aryl methyl sites for hydroxylation is 2. The molecule has 4 aromatic carbocycles. The van der Waals surface area contributed by atoms with Crippen LogP contribution in [0.3, 0.4) is 0 Å². The van der Waals surface area contributed by atoms with Crippen LogP contribution in [0.25, 0.3) is 32.8 Å². The van der Waals surface area contributed by atoms with Crippen molar-refractivity contribution in [1.82, 2.24) is 15.2 Å². The van der Waals surface area contributed by atoms with Gasteiger partial charge in [-0.1, -0.05) is 60.7 Å². The number of hydrogen-bond acceptors (Lipinski definition) is 4. The molecule has 0 saturated heterocycles. The Labute approximate surface area is 246 Å². The van der Waals surface area contributed by atoms with Crippen LogP contribution in [0.4, 0.5) is 0 Å². The topological polar surface area (TPSA) is 94.7 Å². The Morgan fingerprint density at radius 3 is 2.48 bits per heavy atom. The van der Waals surface area contributed by atoms with Crippen molar-refractivity contribution in [3.63, 3.8) is 0 Å². The summed E-state index contributed by atoms with van der Waals surface area (Å²) >= 11 is 0. The highest BCUT2D eigenvalue weighted by molar-refractivity contribution is 6.04. The van der Waals surface area contributed by atoms with Crippen LogP contribution in [0.5, 0.6) is 5.75 Å². The van der Waals surface area contributed by atoms with Crippen LogP contribution < -0.4 is 10.1 Å². The molecule has 5 rings (SSSR count). The third kappa shape index (κ3) is 6.31. The van der Waals surface area contributed by atoms with E-state index in [0.717, 1.165) is 62.6 Å². The molecule has 1 heterocycles. The van der Waals surface area contributed by atoms with E-state index >= 15 is 0 Å². The molecule has 1 aromatic heterocycles. The predicted octanol–water partition coefficient (Wildman–Crippen LogP) is 6.69. The number of H-pyrrole nitrogens is 1. The van der Waals surface area contributed by atoms with Crippen molar-refractivity contribution in [3.8, 4) is 16.9 Å². The molecule has 3 N–H and O–H groups in total. The van der Waals surface area contributed by atoms with Crippen LogP contribution in [0.15, 0.2) is 78.9 Å². The smallest absolute Gasteiger partial charge is 0.352 e. The number of rotatable bonds is 12. The first-order valence-electron chi connectivity index (χ1n) is 14.3. The van der Waals surface area contributed by atoms with Gasteiger partial charge in [-0.2, -0.15) is 0 Å². The fourth-order valence-electron chi connectivity index (χ4n) is 5.45. The summed E-state index contributed by atoms with van der Waals surface area (Å²) in [7, 11) is 4.02. The Morgan fingerprint density at radius 2 is 1.67 bits per heavy atom. The molecule has 7 heteroatoms. The fourth-order valence-corrected chi connectivity index (χ4v) is 5.45. The fraction of sp³-hybridized carbons (Fsp3) is 0.257. The lowest BCUT2D eigenvalue weighted by atomic mass is 9.95. The highest BCUT2D eigenvalue weighted by Gasteiger charge is 2.20. The molecule has 0 aliphatic carbocycles. The number of carboxylic acids is 1. The molecule has 0 fully saturated rings. The lowest BCUT2D eigenvalue weighted by molar-refractivity contribution is 0.0690. The van der Waals surface area contributed by atoms with E-state index in [1.165, 1.54) is 0 Å². The summed E-state index contributed by atoms with van der Waals surface area (Å²) in [5, 5.41) is 16.1. The summed E-state index contributed by atoms with van der Waals surface area (Å²) in [6.45, 7) is 3.96. The zero-order chi connectivity index (χ0) is 29.6. The molecule has 0 radical (unpaired) electrons. The van der Waals surface area contributed by atoms with Crippen molar-refractivity contribution in [2.24, 2.45) is 0 Å². The predicted molar refractivity (Wildman–Crippen MR) is 169 cm³/mol. The maximum atomic E-state index is 12.9. The largest absolute Gasteiger partial charge is 0.493 e. The molecule has 0 spiro atoms. The van der Waals surface area contributed by atoms with E-state index in [4.69, 9.17) is 4.74 Å². The van der Waals surface area contributed by atoms with Gasteiger partial charge in [-0.15, -0.1) is 0 Å². The number of hydrogen-bond donors (Lipinski definition) is 3. The van der Waals surface area contributed by atoms with Crippen molar-refractivity contribution in [2.45, 2.75) is 26.2 Å². The van der Waals surface area contributed by atoms with Crippen molar-refractivity contribution in [3.05, 3.63) is 101 Å². The molecule has 0 bridgehead atoms. The highest BCUT2D eigenvalue weighted by Crippen LogP contribution is 2.35. The normalized spacial score (nSPS) is 11.3. The van der Waals surface area contributed by atoms with E-state index in [9.17, 15) is 14.7 Å². The number of fused-ring (bicyclic) bond motifs is 2. The van der Waals surface area contributed by atoms with Gasteiger partial charge in [0.2, 0.25) is 0 Å². The van der Waals surface area contributed by atoms with Gasteiger partial charge in [0.25, 0.3) is 5.91 Å². The van der Waals surface area contributed by atoms with Gasteiger partial charge in [-0.3, -0.25) is 4.79 Å². The molecule has 216 valence electrons. The lowest BCUT2D eigenvalue weighted by Gasteiger charge is -2.12. The van der Waals surface area contributed by atoms with Crippen LogP contribution in [0.2, 0.25) is 0 Å². The maximum Gasteiger partial charge on any atom is 0.352 e. The van der Waals surface area contributed by atoms with Crippen LogP contribution in [-0.2, 0) is 6.42 Å². The molecule has 1 amide bonds. The number of aromatic amines is 1. The lowest BCUT2D eigenvalue weighted by Crippen LogP contribution is -2.27. The van der Waals surface area contributed by atoms with E-state index in [2.05, 4.69) is 27.3 Å². The van der Waals surface area contributed by atoms with Crippen molar-refractivity contribution in [2.75, 3.05) is 33.8 Å². The van der Waals surface area contributed by atoms with E-state index in [1.54, 1.807) is 0 Å². The number of aromatic nitrogens is 1. The zero-order valence-corrected chi connectivity index (χ0v) is 24.4. The third-order valence-corrected chi connectivity index (χ3v) is 7.59. The summed E-state index contributed by atoms with van der Waals surface area (Å²) in [5.74, 6) is -0.290. The molecule has 0 unspecified atom stereocenters. The summed E-state index contributed by atoms with van der Waals surface area (Å²) < 4.78 is 6.12. The molecule has 0 atom stereocenters. The number of amides is 1. The average Bonchev–Trinajstić information content (AvgIpc) is 3.37. The molecular weight excluding hydrogens is 526 g/mol. The van der Waals surface area contributed by atoms with Gasteiger partial charge in [-0.05, 0) is 87.1 Å². The SMILES string of the molecule is Cc1ccc(C(=O)NCCCN(C)C)cc1-c1cccc2c(CCCOc3cccc4ccccc34)c(C(=O)O)[nH]c12. The molecule has 0 saturated carbocycles. The van der Waals surface area contributed by atoms with E-state index in [1.807, 2.05) is 87.7 Å². The Hall–Kier alpha value is -4.62. The van der Waals surface area contributed by atoms with Crippen molar-refractivity contribution in [1.29, 1.82) is 0 Å². The average molecular weight is 564 g/mol. The standard InChI is InChI=1S/C35H37N3O4/c1-23-17-18-25(34(39)36-19-9-20-38(2)3)22-30(23)29-14-7-13-27-28(33(35(40)41)37-32(27)29)15-8-21-42-31-16-6-11-24-10-4-5-12-26(24)31/h4-7,10-14,16-18,22,37H,8-9,15,19-21H2,1-3H3,(H,36,39)(H,40,41). The van der Waals surface area contributed by atoms with Crippen LogP contribution in [-0.4, -0.2) is 60.7 Å². The van der Waals surface area contributed by atoms with Crippen LogP contribution >= 0.6 is 0 Å². The van der Waals surface area contributed by atoms with E-state index < -0.39 is 5.97 Å². The van der Waals surface area contributed by atoms with E-state index in [0.29, 0.717) is 31.6 Å². The second-order valence-corrected chi connectivity index (χ2v) is 10.9. The van der Waals surface area contributed by atoms with Crippen LogP contribution in [0.1, 0.15) is 44.8 Å². The molecule has 42 heavy (non-hydrogen) atoms. The number of nitrogens with one attached hydrogen (secondary N) is 2. The van der Waals surface area contributed by atoms with E-state index in [-0.39, 0.29) is 11.6 Å². The second kappa shape index (κ2) is 12.9. The molecule has 0 aliphatic rings. The number of ether oxygens (including phenoxy) is 1. The minimum absolute atomic E-state index is 0.119. The first kappa shape index (κ1) is 28.9. The highest BCUT2D eigenvalue weighted by atomic mass is 16.5. The summed E-state index contributed by atoms with van der Waals surface area (Å²) in [5.41, 5.74) is 5.05. The minimum Gasteiger partial charge on any atom is -0.493 e. The van der Waals surface area contributed by atoms with Crippen molar-refractivity contribution < 1.29 is 19.4 Å². The Balaban J connectivity index is 1.37. The number of carboxylic acid groups (broad SMARTS) is 1. The zero-order valence-electron chi connectivity index (χ0n) is 24.4. The number of aromatic carboxylic acids is 1. The minimum atomic E-state index is -0.996. The third-order valence-electron chi connectivity index (χ3n) is 7.59. The molecule has 0 aliphatic heterocycles. The Morgan fingerprint density at radius 1 is 0.905 bits per heavy atom. The first-order chi connectivity index (χ1) is 20.3. The van der Waals surface area contributed by atoms with Crippen LogP contribution in [0, 0.1) is 6.92 Å². The van der Waals surface area contributed by atoms with Gasteiger partial charge in [0, 0.05) is 28.4 Å². The Bertz CT molecular complexity index is 1730. The monoisotopic (exact) mass is 563 g/mol. The number of carbonyl (C=O) groups excluding carboxylic acids is 1. The molecule has 7 nitrogen and oxygen atoms in total. The number of carbonyl (C=O) groups is 2.